The fourth-order valence-electron chi connectivity index (χ4n) is 3.40. The molecule has 2 fully saturated rings. The Morgan fingerprint density at radius 2 is 1.90 bits per heavy atom. The van der Waals surface area contributed by atoms with E-state index in [1.807, 2.05) is 0 Å². The van der Waals surface area contributed by atoms with E-state index >= 15 is 0 Å². The molecule has 1 aliphatic heterocycles. The summed E-state index contributed by atoms with van der Waals surface area (Å²) in [6.07, 6.45) is 4.74. The topological polar surface area (TPSA) is 69.6 Å². The van der Waals surface area contributed by atoms with E-state index < -0.39 is 5.97 Å². The van der Waals surface area contributed by atoms with Crippen LogP contribution in [0, 0.1) is 11.3 Å². The van der Waals surface area contributed by atoms with Crippen LogP contribution in [0.2, 0.25) is 0 Å². The van der Waals surface area contributed by atoms with E-state index in [4.69, 9.17) is 5.11 Å². The summed E-state index contributed by atoms with van der Waals surface area (Å²) in [4.78, 5) is 24.8. The maximum atomic E-state index is 12.2. The highest BCUT2D eigenvalue weighted by molar-refractivity contribution is 5.79. The zero-order valence-electron chi connectivity index (χ0n) is 12.5. The molecule has 1 saturated heterocycles. The van der Waals surface area contributed by atoms with Crippen molar-refractivity contribution in [2.24, 2.45) is 11.3 Å². The van der Waals surface area contributed by atoms with Gasteiger partial charge in [0.2, 0.25) is 5.91 Å². The van der Waals surface area contributed by atoms with Gasteiger partial charge in [0.05, 0.1) is 12.5 Å². The van der Waals surface area contributed by atoms with Crippen LogP contribution in [0.4, 0.5) is 0 Å². The van der Waals surface area contributed by atoms with Gasteiger partial charge in [-0.05, 0) is 31.1 Å². The van der Waals surface area contributed by atoms with Crippen LogP contribution in [0.25, 0.3) is 0 Å². The third-order valence-electron chi connectivity index (χ3n) is 4.95. The van der Waals surface area contributed by atoms with Gasteiger partial charge in [0.25, 0.3) is 0 Å². The summed E-state index contributed by atoms with van der Waals surface area (Å²) in [5.41, 5.74) is 0.274. The number of carbonyl (C=O) groups excluding carboxylic acids is 1. The Balaban J connectivity index is 1.75. The number of carboxylic acid groups (broad SMARTS) is 1. The highest BCUT2D eigenvalue weighted by Crippen LogP contribution is 2.37. The lowest BCUT2D eigenvalue weighted by atomic mass is 9.87. The number of rotatable bonds is 4. The maximum Gasteiger partial charge on any atom is 0.306 e. The molecule has 2 N–H and O–H groups in total. The predicted molar refractivity (Wildman–Crippen MR) is 76.4 cm³/mol. The van der Waals surface area contributed by atoms with Crippen molar-refractivity contribution in [2.45, 2.75) is 52.0 Å². The number of aliphatic carboxylic acids is 1. The van der Waals surface area contributed by atoms with Crippen molar-refractivity contribution in [1.82, 2.24) is 10.2 Å². The van der Waals surface area contributed by atoms with Crippen LogP contribution in [0.3, 0.4) is 0 Å². The second kappa shape index (κ2) is 6.12. The SMILES string of the molecule is CC1(C)CCCC1NCC(=O)N1CCC(C(=O)O)CC1. The summed E-state index contributed by atoms with van der Waals surface area (Å²) in [5.74, 6) is -0.903. The number of hydrogen-bond acceptors (Lipinski definition) is 3. The first-order valence-corrected chi connectivity index (χ1v) is 7.64. The van der Waals surface area contributed by atoms with Crippen molar-refractivity contribution in [3.63, 3.8) is 0 Å². The van der Waals surface area contributed by atoms with Crippen molar-refractivity contribution >= 4 is 11.9 Å². The van der Waals surface area contributed by atoms with Gasteiger partial charge in [0.1, 0.15) is 0 Å². The number of hydrogen-bond donors (Lipinski definition) is 2. The van der Waals surface area contributed by atoms with E-state index in [1.54, 1.807) is 4.90 Å². The quantitative estimate of drug-likeness (QED) is 0.819. The second-order valence-corrected chi connectivity index (χ2v) is 6.81. The van der Waals surface area contributed by atoms with Gasteiger partial charge in [0.15, 0.2) is 0 Å². The molecule has 1 aliphatic carbocycles. The number of nitrogens with one attached hydrogen (secondary N) is 1. The third-order valence-corrected chi connectivity index (χ3v) is 4.95. The zero-order chi connectivity index (χ0) is 14.8. The van der Waals surface area contributed by atoms with Crippen LogP contribution >= 0.6 is 0 Å². The summed E-state index contributed by atoms with van der Waals surface area (Å²) in [6, 6.07) is 0.419. The normalized spacial score (nSPS) is 26.7. The third kappa shape index (κ3) is 3.51. The number of piperidine rings is 1. The van der Waals surface area contributed by atoms with Gasteiger partial charge in [-0.25, -0.2) is 0 Å². The van der Waals surface area contributed by atoms with Gasteiger partial charge < -0.3 is 15.3 Å². The van der Waals surface area contributed by atoms with E-state index in [0.29, 0.717) is 38.5 Å². The van der Waals surface area contributed by atoms with Gasteiger partial charge in [0, 0.05) is 19.1 Å². The average Bonchev–Trinajstić information content (AvgIpc) is 2.75. The molecule has 1 atom stereocenters. The molecule has 0 bridgehead atoms. The number of likely N-dealkylation sites (tertiary alicyclic amines) is 1. The van der Waals surface area contributed by atoms with Crippen molar-refractivity contribution < 1.29 is 14.7 Å². The van der Waals surface area contributed by atoms with E-state index in [9.17, 15) is 9.59 Å². The molecule has 114 valence electrons. The van der Waals surface area contributed by atoms with Crippen LogP contribution in [0.15, 0.2) is 0 Å². The van der Waals surface area contributed by atoms with Crippen molar-refractivity contribution in [1.29, 1.82) is 0 Å². The molecular weight excluding hydrogens is 256 g/mol. The summed E-state index contributed by atoms with van der Waals surface area (Å²) in [5, 5.41) is 12.3. The Kier molecular flexibility index (Phi) is 4.68. The molecule has 0 aromatic heterocycles. The molecule has 2 aliphatic rings. The summed E-state index contributed by atoms with van der Waals surface area (Å²) in [7, 11) is 0. The molecule has 0 aromatic carbocycles. The minimum atomic E-state index is -0.733. The first-order chi connectivity index (χ1) is 9.40. The minimum absolute atomic E-state index is 0.108. The van der Waals surface area contributed by atoms with Crippen LogP contribution in [0.1, 0.15) is 46.0 Å². The van der Waals surface area contributed by atoms with Crippen molar-refractivity contribution in [3.8, 4) is 0 Å². The molecule has 5 nitrogen and oxygen atoms in total. The largest absolute Gasteiger partial charge is 0.481 e. The molecule has 1 saturated carbocycles. The highest BCUT2D eigenvalue weighted by Gasteiger charge is 2.34. The number of carboxylic acids is 1. The smallest absolute Gasteiger partial charge is 0.306 e. The molecule has 0 radical (unpaired) electrons. The van der Waals surface area contributed by atoms with Gasteiger partial charge in [-0.15, -0.1) is 0 Å². The van der Waals surface area contributed by atoms with E-state index in [0.717, 1.165) is 6.42 Å². The first-order valence-electron chi connectivity index (χ1n) is 7.64. The molecule has 1 unspecified atom stereocenters. The van der Waals surface area contributed by atoms with Crippen LogP contribution in [-0.4, -0.2) is 47.6 Å². The zero-order valence-corrected chi connectivity index (χ0v) is 12.5. The average molecular weight is 282 g/mol. The molecule has 1 heterocycles. The summed E-state index contributed by atoms with van der Waals surface area (Å²) in [6.45, 7) is 6.03. The Bertz CT molecular complexity index is 373. The van der Waals surface area contributed by atoms with Gasteiger partial charge in [-0.3, -0.25) is 9.59 Å². The lowest BCUT2D eigenvalue weighted by Crippen LogP contribution is -2.47. The lowest BCUT2D eigenvalue weighted by molar-refractivity contribution is -0.145. The van der Waals surface area contributed by atoms with Gasteiger partial charge in [-0.2, -0.15) is 0 Å². The van der Waals surface area contributed by atoms with Crippen LogP contribution < -0.4 is 5.32 Å². The Morgan fingerprint density at radius 3 is 2.40 bits per heavy atom. The molecule has 20 heavy (non-hydrogen) atoms. The number of nitrogens with zero attached hydrogens (tertiary/aromatic N) is 1. The van der Waals surface area contributed by atoms with Crippen molar-refractivity contribution in [2.75, 3.05) is 19.6 Å². The Hall–Kier alpha value is -1.10. The van der Waals surface area contributed by atoms with E-state index in [-0.39, 0.29) is 17.2 Å². The highest BCUT2D eigenvalue weighted by atomic mass is 16.4. The Morgan fingerprint density at radius 1 is 1.25 bits per heavy atom. The summed E-state index contributed by atoms with van der Waals surface area (Å²) >= 11 is 0. The molecule has 0 aromatic rings. The first kappa shape index (κ1) is 15.3. The van der Waals surface area contributed by atoms with Crippen LogP contribution in [0.5, 0.6) is 0 Å². The number of amides is 1. The molecular formula is C15H26N2O3. The summed E-state index contributed by atoms with van der Waals surface area (Å²) < 4.78 is 0. The van der Waals surface area contributed by atoms with E-state index in [1.165, 1.54) is 12.8 Å². The monoisotopic (exact) mass is 282 g/mol. The predicted octanol–water partition coefficient (Wildman–Crippen LogP) is 1.48. The lowest BCUT2D eigenvalue weighted by Gasteiger charge is -2.32. The van der Waals surface area contributed by atoms with E-state index in [2.05, 4.69) is 19.2 Å². The molecule has 2 rings (SSSR count). The number of carbonyl (C=O) groups is 2. The fourth-order valence-corrected chi connectivity index (χ4v) is 3.40. The minimum Gasteiger partial charge on any atom is -0.481 e. The fraction of sp³-hybridized carbons (Fsp3) is 0.867. The standard InChI is InChI=1S/C15H26N2O3/c1-15(2)7-3-4-12(15)16-10-13(18)17-8-5-11(6-9-17)14(19)20/h11-12,16H,3-10H2,1-2H3,(H,19,20). The maximum absolute atomic E-state index is 12.2. The molecule has 1 amide bonds. The second-order valence-electron chi connectivity index (χ2n) is 6.81. The molecule has 0 spiro atoms. The van der Waals surface area contributed by atoms with Crippen LogP contribution in [-0.2, 0) is 9.59 Å². The molecule has 5 heteroatoms. The Labute approximate surface area is 120 Å². The van der Waals surface area contributed by atoms with Gasteiger partial charge >= 0.3 is 5.97 Å². The van der Waals surface area contributed by atoms with Gasteiger partial charge in [-0.1, -0.05) is 20.3 Å². The van der Waals surface area contributed by atoms with Crippen molar-refractivity contribution in [3.05, 3.63) is 0 Å².